The maximum atomic E-state index is 13.4. The number of methoxy groups -OCH3 is 1. The first-order valence-electron chi connectivity index (χ1n) is 11.5. The van der Waals surface area contributed by atoms with E-state index in [0.29, 0.717) is 27.9 Å². The number of thioether (sulfide) groups is 1. The van der Waals surface area contributed by atoms with Crippen LogP contribution in [0.3, 0.4) is 0 Å². The van der Waals surface area contributed by atoms with Crippen LogP contribution in [-0.2, 0) is 9.59 Å². The molecule has 0 aliphatic heterocycles. The highest BCUT2D eigenvalue weighted by molar-refractivity contribution is 8.00. The summed E-state index contributed by atoms with van der Waals surface area (Å²) in [5.41, 5.74) is 1.98. The molecule has 4 aromatic rings. The van der Waals surface area contributed by atoms with Crippen LogP contribution < -0.4 is 20.1 Å². The molecule has 1 atom stereocenters. The first kappa shape index (κ1) is 26.1. The first-order chi connectivity index (χ1) is 18.0. The van der Waals surface area contributed by atoms with Gasteiger partial charge in [-0.25, -0.2) is 0 Å². The van der Waals surface area contributed by atoms with Gasteiger partial charge in [-0.15, -0.1) is 11.8 Å². The fourth-order valence-corrected chi connectivity index (χ4v) is 4.69. The van der Waals surface area contributed by atoms with Gasteiger partial charge in [-0.2, -0.15) is 0 Å². The molecule has 1 unspecified atom stereocenters. The van der Waals surface area contributed by atoms with E-state index < -0.39 is 5.25 Å². The monoisotopic (exact) mass is 532 g/mol. The zero-order valence-corrected chi connectivity index (χ0v) is 21.6. The Hall–Kier alpha value is -3.94. The topological polar surface area (TPSA) is 76.7 Å². The second-order valence-corrected chi connectivity index (χ2v) is 9.53. The second-order valence-electron chi connectivity index (χ2n) is 7.92. The van der Waals surface area contributed by atoms with Gasteiger partial charge in [-0.3, -0.25) is 9.59 Å². The zero-order valence-electron chi connectivity index (χ0n) is 20.0. The van der Waals surface area contributed by atoms with E-state index in [1.165, 1.54) is 18.9 Å². The van der Waals surface area contributed by atoms with Gasteiger partial charge in [0.1, 0.15) is 16.7 Å². The molecule has 2 N–H and O–H groups in total. The maximum Gasteiger partial charge on any atom is 0.262 e. The minimum atomic E-state index is -0.537. The van der Waals surface area contributed by atoms with Crippen LogP contribution >= 0.6 is 23.4 Å². The summed E-state index contributed by atoms with van der Waals surface area (Å²) in [4.78, 5) is 26.5. The van der Waals surface area contributed by atoms with E-state index in [1.54, 1.807) is 42.5 Å². The summed E-state index contributed by atoms with van der Waals surface area (Å²) >= 11 is 7.53. The summed E-state index contributed by atoms with van der Waals surface area (Å²) in [6.07, 6.45) is 0. The van der Waals surface area contributed by atoms with E-state index in [4.69, 9.17) is 21.1 Å². The van der Waals surface area contributed by atoms with Crippen LogP contribution in [0.5, 0.6) is 11.5 Å². The normalized spacial score (nSPS) is 11.3. The summed E-state index contributed by atoms with van der Waals surface area (Å²) in [5, 5.41) is 5.72. The summed E-state index contributed by atoms with van der Waals surface area (Å²) in [6.45, 7) is -0.0935. The molecule has 0 saturated carbocycles. The van der Waals surface area contributed by atoms with Gasteiger partial charge in [-0.05, 0) is 60.2 Å². The van der Waals surface area contributed by atoms with Gasteiger partial charge >= 0.3 is 0 Å². The summed E-state index contributed by atoms with van der Waals surface area (Å²) in [5.74, 6) is 0.671. The van der Waals surface area contributed by atoms with Crippen molar-refractivity contribution in [2.24, 2.45) is 0 Å². The number of halogens is 1. The Morgan fingerprint density at radius 1 is 0.865 bits per heavy atom. The average molecular weight is 533 g/mol. The Kier molecular flexibility index (Phi) is 9.08. The van der Waals surface area contributed by atoms with Gasteiger partial charge in [0.05, 0.1) is 12.8 Å². The number of benzene rings is 4. The Labute approximate surface area is 225 Å². The largest absolute Gasteiger partial charge is 0.495 e. The lowest BCUT2D eigenvalue weighted by atomic mass is 10.1. The van der Waals surface area contributed by atoms with E-state index in [2.05, 4.69) is 10.6 Å². The molecule has 0 saturated heterocycles. The standard InChI is InChI=1S/C29H25ClN2O4S/c1-35-26-17-12-21(30)18-25(26)32-29(34)28(20-8-4-2-5-9-20)37-24-15-13-22(14-16-24)31-27(33)19-36-23-10-6-3-7-11-23/h2-18,28H,19H2,1H3,(H,31,33)(H,32,34). The highest BCUT2D eigenvalue weighted by Crippen LogP contribution is 2.38. The van der Waals surface area contributed by atoms with Crippen molar-refractivity contribution >= 4 is 46.6 Å². The van der Waals surface area contributed by atoms with Crippen molar-refractivity contribution < 1.29 is 19.1 Å². The molecule has 6 nitrogen and oxygen atoms in total. The van der Waals surface area contributed by atoms with Crippen LogP contribution in [0, 0.1) is 0 Å². The summed E-state index contributed by atoms with van der Waals surface area (Å²) in [7, 11) is 1.54. The van der Waals surface area contributed by atoms with Crippen molar-refractivity contribution in [3.63, 3.8) is 0 Å². The molecular formula is C29H25ClN2O4S. The minimum Gasteiger partial charge on any atom is -0.495 e. The lowest BCUT2D eigenvalue weighted by molar-refractivity contribution is -0.118. The van der Waals surface area contributed by atoms with Crippen molar-refractivity contribution in [2.45, 2.75) is 10.1 Å². The number of anilines is 2. The first-order valence-corrected chi connectivity index (χ1v) is 12.7. The van der Waals surface area contributed by atoms with Gasteiger partial charge in [0.15, 0.2) is 6.61 Å². The van der Waals surface area contributed by atoms with E-state index >= 15 is 0 Å². The molecule has 0 aliphatic rings. The number of carbonyl (C=O) groups is 2. The predicted molar refractivity (Wildman–Crippen MR) is 149 cm³/mol. The van der Waals surface area contributed by atoms with Crippen LogP contribution in [-0.4, -0.2) is 25.5 Å². The molecule has 2 amide bonds. The second kappa shape index (κ2) is 12.9. The highest BCUT2D eigenvalue weighted by Gasteiger charge is 2.23. The molecular weight excluding hydrogens is 508 g/mol. The predicted octanol–water partition coefficient (Wildman–Crippen LogP) is 6.84. The molecule has 0 spiro atoms. The molecule has 0 heterocycles. The molecule has 0 bridgehead atoms. The molecule has 4 rings (SSSR count). The van der Waals surface area contributed by atoms with Gasteiger partial charge in [-0.1, -0.05) is 60.1 Å². The average Bonchev–Trinajstić information content (AvgIpc) is 2.92. The quantitative estimate of drug-likeness (QED) is 0.219. The minimum absolute atomic E-state index is 0.0935. The third kappa shape index (κ3) is 7.52. The van der Waals surface area contributed by atoms with E-state index in [1.807, 2.05) is 60.7 Å². The van der Waals surface area contributed by atoms with Gasteiger partial charge in [0.2, 0.25) is 5.91 Å². The number of amides is 2. The molecule has 188 valence electrons. The molecule has 0 radical (unpaired) electrons. The SMILES string of the molecule is COc1ccc(Cl)cc1NC(=O)C(Sc1ccc(NC(=O)COc2ccccc2)cc1)c1ccccc1. The fourth-order valence-electron chi connectivity index (χ4n) is 3.49. The molecule has 0 aliphatic carbocycles. The van der Waals surface area contributed by atoms with Crippen LogP contribution in [0.15, 0.2) is 108 Å². The van der Waals surface area contributed by atoms with Gasteiger partial charge in [0.25, 0.3) is 5.91 Å². The Morgan fingerprint density at radius 3 is 2.22 bits per heavy atom. The molecule has 4 aromatic carbocycles. The molecule has 0 fully saturated rings. The highest BCUT2D eigenvalue weighted by atomic mass is 35.5. The van der Waals surface area contributed by atoms with Crippen molar-refractivity contribution in [2.75, 3.05) is 24.4 Å². The zero-order chi connectivity index (χ0) is 26.0. The number of para-hydroxylation sites is 1. The van der Waals surface area contributed by atoms with E-state index in [9.17, 15) is 9.59 Å². The van der Waals surface area contributed by atoms with E-state index in [-0.39, 0.29) is 18.4 Å². The fraction of sp³-hybridized carbons (Fsp3) is 0.103. The number of ether oxygens (including phenoxy) is 2. The van der Waals surface area contributed by atoms with Gasteiger partial charge < -0.3 is 20.1 Å². The summed E-state index contributed by atoms with van der Waals surface area (Å²) in [6, 6.07) is 31.1. The lowest BCUT2D eigenvalue weighted by Gasteiger charge is -2.18. The molecule has 37 heavy (non-hydrogen) atoms. The number of hydrogen-bond acceptors (Lipinski definition) is 5. The Balaban J connectivity index is 1.43. The van der Waals surface area contributed by atoms with Crippen LogP contribution in [0.25, 0.3) is 0 Å². The van der Waals surface area contributed by atoms with E-state index in [0.717, 1.165) is 10.5 Å². The van der Waals surface area contributed by atoms with Crippen LogP contribution in [0.2, 0.25) is 5.02 Å². The molecule has 0 aromatic heterocycles. The van der Waals surface area contributed by atoms with Gasteiger partial charge in [0, 0.05) is 15.6 Å². The maximum absolute atomic E-state index is 13.4. The summed E-state index contributed by atoms with van der Waals surface area (Å²) < 4.78 is 10.9. The Morgan fingerprint density at radius 2 is 1.54 bits per heavy atom. The van der Waals surface area contributed by atoms with Crippen molar-refractivity contribution in [1.82, 2.24) is 0 Å². The van der Waals surface area contributed by atoms with Crippen molar-refractivity contribution in [3.8, 4) is 11.5 Å². The third-order valence-corrected chi connectivity index (χ3v) is 6.77. The smallest absolute Gasteiger partial charge is 0.262 e. The van der Waals surface area contributed by atoms with Crippen LogP contribution in [0.4, 0.5) is 11.4 Å². The van der Waals surface area contributed by atoms with Crippen molar-refractivity contribution in [1.29, 1.82) is 0 Å². The van der Waals surface area contributed by atoms with Crippen molar-refractivity contribution in [3.05, 3.63) is 114 Å². The Bertz CT molecular complexity index is 1340. The van der Waals surface area contributed by atoms with Crippen LogP contribution in [0.1, 0.15) is 10.8 Å². The lowest BCUT2D eigenvalue weighted by Crippen LogP contribution is -2.20. The number of hydrogen-bond donors (Lipinski definition) is 2. The number of nitrogens with one attached hydrogen (secondary N) is 2. The third-order valence-electron chi connectivity index (χ3n) is 5.26. The molecule has 8 heteroatoms. The number of carbonyl (C=O) groups excluding carboxylic acids is 2. The number of rotatable bonds is 10.